The first kappa shape index (κ1) is 12.7. The second-order valence-electron chi connectivity index (χ2n) is 3.72. The standard InChI is InChI=1S/C13H18N2O/c1-11-6-3-4-7-12(11)13(10-14)15-8-5-9-16-2/h3-4,6-7,13,15H,5,8-9H2,1-2H3. The van der Waals surface area contributed by atoms with Gasteiger partial charge in [-0.05, 0) is 31.0 Å². The van der Waals surface area contributed by atoms with Gasteiger partial charge in [0.15, 0.2) is 0 Å². The molecule has 0 saturated carbocycles. The zero-order valence-corrected chi connectivity index (χ0v) is 9.86. The van der Waals surface area contributed by atoms with Crippen LogP contribution in [0.5, 0.6) is 0 Å². The number of hydrogen-bond donors (Lipinski definition) is 1. The molecule has 0 aromatic heterocycles. The first-order valence-electron chi connectivity index (χ1n) is 5.47. The summed E-state index contributed by atoms with van der Waals surface area (Å²) < 4.78 is 4.96. The third-order valence-electron chi connectivity index (χ3n) is 2.50. The third-order valence-corrected chi connectivity index (χ3v) is 2.50. The van der Waals surface area contributed by atoms with Gasteiger partial charge in [0.1, 0.15) is 6.04 Å². The van der Waals surface area contributed by atoms with Gasteiger partial charge >= 0.3 is 0 Å². The van der Waals surface area contributed by atoms with E-state index in [4.69, 9.17) is 10.00 Å². The molecule has 1 rings (SSSR count). The third kappa shape index (κ3) is 3.65. The van der Waals surface area contributed by atoms with Crippen molar-refractivity contribution in [2.75, 3.05) is 20.3 Å². The summed E-state index contributed by atoms with van der Waals surface area (Å²) >= 11 is 0. The van der Waals surface area contributed by atoms with Crippen molar-refractivity contribution < 1.29 is 4.74 Å². The number of hydrogen-bond acceptors (Lipinski definition) is 3. The van der Waals surface area contributed by atoms with Gasteiger partial charge in [0.05, 0.1) is 6.07 Å². The lowest BCUT2D eigenvalue weighted by Gasteiger charge is -2.13. The first-order chi connectivity index (χ1) is 7.79. The average Bonchev–Trinajstić information content (AvgIpc) is 2.31. The lowest BCUT2D eigenvalue weighted by atomic mass is 10.0. The highest BCUT2D eigenvalue weighted by atomic mass is 16.5. The summed E-state index contributed by atoms with van der Waals surface area (Å²) in [6.07, 6.45) is 0.917. The van der Waals surface area contributed by atoms with E-state index >= 15 is 0 Å². The van der Waals surface area contributed by atoms with Crippen LogP contribution in [0.1, 0.15) is 23.6 Å². The number of rotatable bonds is 6. The fourth-order valence-electron chi connectivity index (χ4n) is 1.60. The Hall–Kier alpha value is -1.37. The number of ether oxygens (including phenoxy) is 1. The number of nitriles is 1. The van der Waals surface area contributed by atoms with Crippen molar-refractivity contribution in [1.29, 1.82) is 5.26 Å². The minimum Gasteiger partial charge on any atom is -0.385 e. The Labute approximate surface area is 97.0 Å². The van der Waals surface area contributed by atoms with Crippen LogP contribution in [0, 0.1) is 18.3 Å². The molecule has 0 fully saturated rings. The molecule has 0 aliphatic carbocycles. The molecule has 1 aromatic rings. The summed E-state index contributed by atoms with van der Waals surface area (Å²) in [5.41, 5.74) is 2.20. The van der Waals surface area contributed by atoms with Crippen LogP contribution in [0.3, 0.4) is 0 Å². The largest absolute Gasteiger partial charge is 0.385 e. The molecule has 0 saturated heterocycles. The molecule has 1 atom stereocenters. The molecular weight excluding hydrogens is 200 g/mol. The Morgan fingerprint density at radius 3 is 2.81 bits per heavy atom. The molecule has 0 amide bonds. The van der Waals surface area contributed by atoms with Crippen molar-refractivity contribution in [2.45, 2.75) is 19.4 Å². The van der Waals surface area contributed by atoms with Crippen molar-refractivity contribution in [3.8, 4) is 6.07 Å². The van der Waals surface area contributed by atoms with Crippen LogP contribution in [0.25, 0.3) is 0 Å². The second-order valence-corrected chi connectivity index (χ2v) is 3.72. The number of nitrogens with one attached hydrogen (secondary N) is 1. The topological polar surface area (TPSA) is 45.0 Å². The van der Waals surface area contributed by atoms with Crippen LogP contribution >= 0.6 is 0 Å². The van der Waals surface area contributed by atoms with Gasteiger partial charge < -0.3 is 4.74 Å². The van der Waals surface area contributed by atoms with Gasteiger partial charge in [-0.1, -0.05) is 24.3 Å². The number of benzene rings is 1. The molecule has 3 heteroatoms. The van der Waals surface area contributed by atoms with Crippen LogP contribution in [0.4, 0.5) is 0 Å². The summed E-state index contributed by atoms with van der Waals surface area (Å²) in [7, 11) is 1.68. The maximum absolute atomic E-state index is 9.12. The predicted octanol–water partition coefficient (Wildman–Crippen LogP) is 2.19. The van der Waals surface area contributed by atoms with Crippen molar-refractivity contribution in [3.05, 3.63) is 35.4 Å². The zero-order valence-electron chi connectivity index (χ0n) is 9.86. The van der Waals surface area contributed by atoms with E-state index in [1.54, 1.807) is 7.11 Å². The quantitative estimate of drug-likeness (QED) is 0.744. The molecule has 0 heterocycles. The zero-order chi connectivity index (χ0) is 11.8. The van der Waals surface area contributed by atoms with E-state index in [0.29, 0.717) is 0 Å². The fraction of sp³-hybridized carbons (Fsp3) is 0.462. The highest BCUT2D eigenvalue weighted by molar-refractivity contribution is 5.32. The first-order valence-corrected chi connectivity index (χ1v) is 5.47. The summed E-state index contributed by atoms with van der Waals surface area (Å²) in [4.78, 5) is 0. The Balaban J connectivity index is 2.55. The minimum atomic E-state index is -0.224. The van der Waals surface area contributed by atoms with E-state index in [1.807, 2.05) is 31.2 Å². The van der Waals surface area contributed by atoms with Gasteiger partial charge in [0.25, 0.3) is 0 Å². The van der Waals surface area contributed by atoms with Gasteiger partial charge in [-0.15, -0.1) is 0 Å². The maximum atomic E-state index is 9.12. The summed E-state index contributed by atoms with van der Waals surface area (Å²) in [5, 5.41) is 12.3. The Morgan fingerprint density at radius 1 is 1.44 bits per heavy atom. The lowest BCUT2D eigenvalue weighted by molar-refractivity contribution is 0.194. The van der Waals surface area contributed by atoms with Crippen LogP contribution < -0.4 is 5.32 Å². The summed E-state index contributed by atoms with van der Waals surface area (Å²) in [5.74, 6) is 0. The van der Waals surface area contributed by atoms with E-state index in [2.05, 4.69) is 11.4 Å². The molecule has 0 aliphatic heterocycles. The highest BCUT2D eigenvalue weighted by Crippen LogP contribution is 2.16. The average molecular weight is 218 g/mol. The van der Waals surface area contributed by atoms with Gasteiger partial charge in [0, 0.05) is 13.7 Å². The van der Waals surface area contributed by atoms with Crippen LogP contribution in [0.2, 0.25) is 0 Å². The highest BCUT2D eigenvalue weighted by Gasteiger charge is 2.10. The molecular formula is C13H18N2O. The lowest BCUT2D eigenvalue weighted by Crippen LogP contribution is -2.22. The van der Waals surface area contributed by atoms with Gasteiger partial charge in [-0.2, -0.15) is 5.26 Å². The van der Waals surface area contributed by atoms with Crippen LogP contribution in [-0.4, -0.2) is 20.3 Å². The molecule has 0 aliphatic rings. The SMILES string of the molecule is COCCCNC(C#N)c1ccccc1C. The normalized spacial score (nSPS) is 12.1. The van der Waals surface area contributed by atoms with Crippen molar-refractivity contribution in [3.63, 3.8) is 0 Å². The Morgan fingerprint density at radius 2 is 2.19 bits per heavy atom. The Bertz CT molecular complexity index is 357. The molecule has 1 unspecified atom stereocenters. The fourth-order valence-corrected chi connectivity index (χ4v) is 1.60. The Kier molecular flexibility index (Phi) is 5.55. The smallest absolute Gasteiger partial charge is 0.121 e. The molecule has 1 aromatic carbocycles. The van der Waals surface area contributed by atoms with E-state index in [9.17, 15) is 0 Å². The summed E-state index contributed by atoms with van der Waals surface area (Å²) in [6.45, 7) is 3.54. The van der Waals surface area contributed by atoms with Gasteiger partial charge in [-0.25, -0.2) is 0 Å². The van der Waals surface area contributed by atoms with Gasteiger partial charge in [-0.3, -0.25) is 5.32 Å². The van der Waals surface area contributed by atoms with Crippen molar-refractivity contribution in [2.24, 2.45) is 0 Å². The van der Waals surface area contributed by atoms with Crippen LogP contribution in [0.15, 0.2) is 24.3 Å². The van der Waals surface area contributed by atoms with E-state index in [-0.39, 0.29) is 6.04 Å². The molecule has 0 radical (unpaired) electrons. The van der Waals surface area contributed by atoms with Crippen LogP contribution in [-0.2, 0) is 4.74 Å². The second kappa shape index (κ2) is 7.00. The predicted molar refractivity (Wildman–Crippen MR) is 64.0 cm³/mol. The molecule has 0 spiro atoms. The number of aryl methyl sites for hydroxylation is 1. The molecule has 16 heavy (non-hydrogen) atoms. The van der Waals surface area contributed by atoms with Crippen molar-refractivity contribution in [1.82, 2.24) is 5.32 Å². The minimum absolute atomic E-state index is 0.224. The maximum Gasteiger partial charge on any atom is 0.121 e. The molecule has 86 valence electrons. The molecule has 0 bridgehead atoms. The van der Waals surface area contributed by atoms with Crippen molar-refractivity contribution >= 4 is 0 Å². The summed E-state index contributed by atoms with van der Waals surface area (Å²) in [6, 6.07) is 10.0. The van der Waals surface area contributed by atoms with E-state index < -0.39 is 0 Å². The number of nitrogens with zero attached hydrogens (tertiary/aromatic N) is 1. The van der Waals surface area contributed by atoms with E-state index in [0.717, 1.165) is 30.7 Å². The van der Waals surface area contributed by atoms with E-state index in [1.165, 1.54) is 0 Å². The van der Waals surface area contributed by atoms with Gasteiger partial charge in [0.2, 0.25) is 0 Å². The molecule has 3 nitrogen and oxygen atoms in total. The molecule has 1 N–H and O–H groups in total. The monoisotopic (exact) mass is 218 g/mol. The number of methoxy groups -OCH3 is 1.